The van der Waals surface area contributed by atoms with Gasteiger partial charge in [-0.05, 0) is 24.3 Å². The Bertz CT molecular complexity index is 859. The fourth-order valence-corrected chi connectivity index (χ4v) is 2.24. The average Bonchev–Trinajstić information content (AvgIpc) is 3.08. The Morgan fingerprint density at radius 1 is 1.23 bits per heavy atom. The molecule has 0 aliphatic heterocycles. The molecule has 0 aliphatic rings. The molecule has 0 N–H and O–H groups in total. The van der Waals surface area contributed by atoms with Crippen LogP contribution in [-0.2, 0) is 18.3 Å². The van der Waals surface area contributed by atoms with E-state index in [-0.39, 0.29) is 18.3 Å². The molecule has 0 saturated heterocycles. The van der Waals surface area contributed by atoms with E-state index < -0.39 is 0 Å². The van der Waals surface area contributed by atoms with E-state index in [9.17, 15) is 9.59 Å². The van der Waals surface area contributed by atoms with Crippen molar-refractivity contribution in [3.63, 3.8) is 0 Å². The molecule has 3 heterocycles. The van der Waals surface area contributed by atoms with Crippen molar-refractivity contribution in [2.45, 2.75) is 13.0 Å². The quantitative estimate of drug-likeness (QED) is 0.522. The molecule has 3 aromatic rings. The predicted octanol–water partition coefficient (Wildman–Crippen LogP) is 1.08. The van der Waals surface area contributed by atoms with Crippen LogP contribution in [0.3, 0.4) is 0 Å². The van der Waals surface area contributed by atoms with Crippen LogP contribution in [0.25, 0.3) is 5.65 Å². The minimum absolute atomic E-state index is 0.190. The van der Waals surface area contributed by atoms with Gasteiger partial charge in [0.1, 0.15) is 5.69 Å². The van der Waals surface area contributed by atoms with Gasteiger partial charge in [-0.15, -0.1) is 5.10 Å². The summed E-state index contributed by atoms with van der Waals surface area (Å²) in [5.74, 6) is -0.366. The van der Waals surface area contributed by atoms with Gasteiger partial charge in [-0.25, -0.2) is 14.3 Å². The van der Waals surface area contributed by atoms with Gasteiger partial charge in [-0.2, -0.15) is 0 Å². The predicted molar refractivity (Wildman–Crippen MR) is 79.8 cm³/mol. The molecule has 0 aromatic carbocycles. The summed E-state index contributed by atoms with van der Waals surface area (Å²) < 4.78 is 9.76. The first kappa shape index (κ1) is 14.1. The SMILES string of the molecule is Cn1cccc1C(=O)OCCCn1nc2ccccn2c1=O. The summed E-state index contributed by atoms with van der Waals surface area (Å²) in [5, 5.41) is 4.22. The van der Waals surface area contributed by atoms with E-state index in [1.165, 1.54) is 9.08 Å². The van der Waals surface area contributed by atoms with E-state index in [2.05, 4.69) is 5.10 Å². The third-order valence-corrected chi connectivity index (χ3v) is 3.39. The van der Waals surface area contributed by atoms with Crippen molar-refractivity contribution in [2.75, 3.05) is 6.61 Å². The Morgan fingerprint density at radius 3 is 2.82 bits per heavy atom. The topological polar surface area (TPSA) is 70.5 Å². The maximum atomic E-state index is 12.0. The van der Waals surface area contributed by atoms with E-state index in [4.69, 9.17) is 4.74 Å². The van der Waals surface area contributed by atoms with Crippen molar-refractivity contribution in [2.24, 2.45) is 7.05 Å². The van der Waals surface area contributed by atoms with E-state index in [0.717, 1.165) is 0 Å². The van der Waals surface area contributed by atoms with Crippen molar-refractivity contribution in [1.82, 2.24) is 18.7 Å². The summed E-state index contributed by atoms with van der Waals surface area (Å²) in [4.78, 5) is 23.9. The lowest BCUT2D eigenvalue weighted by Crippen LogP contribution is -2.22. The molecular weight excluding hydrogens is 284 g/mol. The molecule has 22 heavy (non-hydrogen) atoms. The number of rotatable bonds is 5. The zero-order chi connectivity index (χ0) is 15.5. The fourth-order valence-electron chi connectivity index (χ4n) is 2.24. The van der Waals surface area contributed by atoms with E-state index in [1.54, 1.807) is 48.3 Å². The lowest BCUT2D eigenvalue weighted by atomic mass is 10.4. The van der Waals surface area contributed by atoms with Crippen molar-refractivity contribution >= 4 is 11.6 Å². The number of esters is 1. The Morgan fingerprint density at radius 2 is 2.09 bits per heavy atom. The number of fused-ring (bicyclic) bond motifs is 1. The van der Waals surface area contributed by atoms with E-state index >= 15 is 0 Å². The second-order valence-electron chi connectivity index (χ2n) is 4.93. The van der Waals surface area contributed by atoms with Gasteiger partial charge in [0.15, 0.2) is 5.65 Å². The van der Waals surface area contributed by atoms with E-state index in [1.807, 2.05) is 6.07 Å². The molecular formula is C15H16N4O3. The highest BCUT2D eigenvalue weighted by Gasteiger charge is 2.10. The molecule has 0 atom stereocenters. The molecule has 0 spiro atoms. The largest absolute Gasteiger partial charge is 0.461 e. The summed E-state index contributed by atoms with van der Waals surface area (Å²) in [7, 11) is 1.78. The van der Waals surface area contributed by atoms with Crippen molar-refractivity contribution in [3.05, 3.63) is 58.9 Å². The van der Waals surface area contributed by atoms with Gasteiger partial charge in [0.05, 0.1) is 6.61 Å². The number of ether oxygens (including phenoxy) is 1. The molecule has 0 amide bonds. The molecule has 0 unspecified atom stereocenters. The monoisotopic (exact) mass is 300 g/mol. The minimum atomic E-state index is -0.366. The first-order chi connectivity index (χ1) is 10.7. The summed E-state index contributed by atoms with van der Waals surface area (Å²) in [5.41, 5.74) is 0.919. The molecule has 7 heteroatoms. The molecule has 3 aromatic heterocycles. The van der Waals surface area contributed by atoms with Gasteiger partial charge in [0, 0.05) is 32.4 Å². The number of carbonyl (C=O) groups is 1. The van der Waals surface area contributed by atoms with Crippen LogP contribution in [-0.4, -0.2) is 31.3 Å². The minimum Gasteiger partial charge on any atom is -0.461 e. The molecule has 3 rings (SSSR count). The Labute approximate surface area is 126 Å². The van der Waals surface area contributed by atoms with Gasteiger partial charge in [0.25, 0.3) is 0 Å². The van der Waals surface area contributed by atoms with Crippen LogP contribution >= 0.6 is 0 Å². The van der Waals surface area contributed by atoms with Crippen LogP contribution in [0.2, 0.25) is 0 Å². The Hall–Kier alpha value is -2.83. The first-order valence-corrected chi connectivity index (χ1v) is 6.99. The highest BCUT2D eigenvalue weighted by Crippen LogP contribution is 2.03. The summed E-state index contributed by atoms with van der Waals surface area (Å²) >= 11 is 0. The number of hydrogen-bond donors (Lipinski definition) is 0. The van der Waals surface area contributed by atoms with Gasteiger partial charge < -0.3 is 9.30 Å². The van der Waals surface area contributed by atoms with Crippen LogP contribution in [0.1, 0.15) is 16.9 Å². The standard InChI is InChI=1S/C15H16N4O3/c1-17-8-4-6-12(17)14(20)22-11-5-10-19-15(21)18-9-3-2-7-13(18)16-19/h2-4,6-9H,5,10-11H2,1H3. The third-order valence-electron chi connectivity index (χ3n) is 3.39. The fraction of sp³-hybridized carbons (Fsp3) is 0.267. The second kappa shape index (κ2) is 5.88. The molecule has 0 radical (unpaired) electrons. The highest BCUT2D eigenvalue weighted by atomic mass is 16.5. The number of carbonyl (C=O) groups excluding carboxylic acids is 1. The lowest BCUT2D eigenvalue weighted by Gasteiger charge is -2.05. The maximum absolute atomic E-state index is 12.0. The summed E-state index contributed by atoms with van der Waals surface area (Å²) in [6.07, 6.45) is 3.99. The van der Waals surface area contributed by atoms with Gasteiger partial charge in [0.2, 0.25) is 0 Å². The van der Waals surface area contributed by atoms with Crippen LogP contribution in [0.4, 0.5) is 0 Å². The second-order valence-corrected chi connectivity index (χ2v) is 4.93. The molecule has 7 nitrogen and oxygen atoms in total. The maximum Gasteiger partial charge on any atom is 0.354 e. The van der Waals surface area contributed by atoms with Crippen molar-refractivity contribution in [1.29, 1.82) is 0 Å². The number of pyridine rings is 1. The third kappa shape index (κ3) is 2.65. The molecule has 0 bridgehead atoms. The van der Waals surface area contributed by atoms with Gasteiger partial charge >= 0.3 is 11.7 Å². The number of hydrogen-bond acceptors (Lipinski definition) is 4. The highest BCUT2D eigenvalue weighted by molar-refractivity contribution is 5.87. The zero-order valence-electron chi connectivity index (χ0n) is 12.2. The molecule has 114 valence electrons. The van der Waals surface area contributed by atoms with Crippen LogP contribution in [0.5, 0.6) is 0 Å². The van der Waals surface area contributed by atoms with Crippen LogP contribution in [0, 0.1) is 0 Å². The summed E-state index contributed by atoms with van der Waals surface area (Å²) in [6.45, 7) is 0.644. The van der Waals surface area contributed by atoms with Crippen molar-refractivity contribution in [3.8, 4) is 0 Å². The van der Waals surface area contributed by atoms with Crippen molar-refractivity contribution < 1.29 is 9.53 Å². The number of aromatic nitrogens is 4. The molecule has 0 aliphatic carbocycles. The number of nitrogens with zero attached hydrogens (tertiary/aromatic N) is 4. The van der Waals surface area contributed by atoms with Gasteiger partial charge in [-0.3, -0.25) is 4.40 Å². The van der Waals surface area contributed by atoms with Crippen LogP contribution < -0.4 is 5.69 Å². The Balaban J connectivity index is 1.57. The lowest BCUT2D eigenvalue weighted by molar-refractivity contribution is 0.0483. The average molecular weight is 300 g/mol. The molecule has 0 fully saturated rings. The first-order valence-electron chi connectivity index (χ1n) is 6.99. The zero-order valence-corrected chi connectivity index (χ0v) is 12.2. The van der Waals surface area contributed by atoms with Gasteiger partial charge in [-0.1, -0.05) is 6.07 Å². The number of aryl methyl sites for hydroxylation is 2. The normalized spacial score (nSPS) is 11.0. The van der Waals surface area contributed by atoms with Crippen LogP contribution in [0.15, 0.2) is 47.5 Å². The summed E-state index contributed by atoms with van der Waals surface area (Å²) in [6, 6.07) is 8.87. The molecule has 0 saturated carbocycles. The Kier molecular flexibility index (Phi) is 3.78. The van der Waals surface area contributed by atoms with E-state index in [0.29, 0.717) is 24.3 Å². The smallest absolute Gasteiger partial charge is 0.354 e.